The van der Waals surface area contributed by atoms with Gasteiger partial charge in [0.15, 0.2) is 0 Å². The molecule has 0 aromatic carbocycles. The fraction of sp³-hybridized carbons (Fsp3) is 0.750. The predicted molar refractivity (Wildman–Crippen MR) is 103 cm³/mol. The Hall–Kier alpha value is -1.45. The minimum absolute atomic E-state index is 0.0235. The van der Waals surface area contributed by atoms with E-state index in [-0.39, 0.29) is 23.4 Å². The summed E-state index contributed by atoms with van der Waals surface area (Å²) in [5.74, 6) is 1.65. The molecule has 3 N–H and O–H groups in total. The first-order chi connectivity index (χ1) is 11.0. The first kappa shape index (κ1) is 20.6. The van der Waals surface area contributed by atoms with E-state index in [1.807, 2.05) is 20.9 Å². The first-order valence-corrected chi connectivity index (χ1v) is 9.21. The van der Waals surface area contributed by atoms with Gasteiger partial charge in [0, 0.05) is 29.8 Å². The molecule has 1 atom stereocenters. The van der Waals surface area contributed by atoms with Gasteiger partial charge in [0.05, 0.1) is 0 Å². The molecule has 0 saturated heterocycles. The van der Waals surface area contributed by atoms with Gasteiger partial charge in [-0.15, -0.1) is 0 Å². The van der Waals surface area contributed by atoms with E-state index >= 15 is 0 Å². The van der Waals surface area contributed by atoms with Gasteiger partial charge in [-0.2, -0.15) is 0 Å². The third-order valence-corrected chi connectivity index (χ3v) is 4.88. The molecule has 0 aromatic rings. The normalized spacial score (nSPS) is 18.0. The third kappa shape index (κ3) is 5.29. The van der Waals surface area contributed by atoms with Gasteiger partial charge in [0.2, 0.25) is 0 Å². The molecule has 0 bridgehead atoms. The quantitative estimate of drug-likeness (QED) is 0.468. The molecule has 1 rings (SSSR count). The van der Waals surface area contributed by atoms with Crippen molar-refractivity contribution in [2.24, 2.45) is 11.8 Å². The van der Waals surface area contributed by atoms with Crippen LogP contribution in [-0.4, -0.2) is 24.5 Å². The number of amides is 1. The van der Waals surface area contributed by atoms with E-state index < -0.39 is 0 Å². The van der Waals surface area contributed by atoms with Crippen LogP contribution in [-0.2, 0) is 4.79 Å². The maximum atomic E-state index is 13.0. The van der Waals surface area contributed by atoms with Gasteiger partial charge in [-0.05, 0) is 52.4 Å². The average molecular weight is 336 g/mol. The summed E-state index contributed by atoms with van der Waals surface area (Å²) in [4.78, 5) is 13.0. The van der Waals surface area contributed by atoms with Gasteiger partial charge >= 0.3 is 0 Å². The van der Waals surface area contributed by atoms with Crippen LogP contribution in [0.4, 0.5) is 0 Å². The molecule has 0 heterocycles. The highest BCUT2D eigenvalue weighted by Crippen LogP contribution is 2.36. The van der Waals surface area contributed by atoms with Gasteiger partial charge in [-0.3, -0.25) is 4.79 Å². The maximum absolute atomic E-state index is 13.0. The highest BCUT2D eigenvalue weighted by molar-refractivity contribution is 5.99. The van der Waals surface area contributed by atoms with E-state index in [1.54, 1.807) is 0 Å². The zero-order valence-corrected chi connectivity index (χ0v) is 17.1. The molecule has 0 radical (unpaired) electrons. The lowest BCUT2D eigenvalue weighted by atomic mass is 9.90. The molecule has 0 aromatic heterocycles. The second-order valence-electron chi connectivity index (χ2n) is 8.26. The molecule has 1 aliphatic carbocycles. The highest BCUT2D eigenvalue weighted by Gasteiger charge is 2.38. The van der Waals surface area contributed by atoms with Crippen LogP contribution >= 0.6 is 0 Å². The van der Waals surface area contributed by atoms with Crippen molar-refractivity contribution < 1.29 is 4.79 Å². The van der Waals surface area contributed by atoms with E-state index in [2.05, 4.69) is 57.5 Å². The number of nitrogens with one attached hydrogen (secondary N) is 3. The van der Waals surface area contributed by atoms with Crippen molar-refractivity contribution in [2.75, 3.05) is 7.05 Å². The number of rotatable bonds is 8. The van der Waals surface area contributed by atoms with E-state index in [1.165, 1.54) is 12.8 Å². The molecular weight excluding hydrogens is 298 g/mol. The Balaban J connectivity index is 3.26. The third-order valence-electron chi connectivity index (χ3n) is 4.88. The molecule has 138 valence electrons. The van der Waals surface area contributed by atoms with Crippen molar-refractivity contribution in [1.29, 1.82) is 0 Å². The van der Waals surface area contributed by atoms with Crippen molar-refractivity contribution in [3.05, 3.63) is 22.5 Å². The Morgan fingerprint density at radius 3 is 1.92 bits per heavy atom. The van der Waals surface area contributed by atoms with Crippen molar-refractivity contribution in [2.45, 2.75) is 79.8 Å². The summed E-state index contributed by atoms with van der Waals surface area (Å²) in [6, 6.07) is 0.146. The molecule has 0 aliphatic heterocycles. The van der Waals surface area contributed by atoms with Gasteiger partial charge in [0.1, 0.15) is 5.82 Å². The topological polar surface area (TPSA) is 53.2 Å². The van der Waals surface area contributed by atoms with Gasteiger partial charge in [-0.1, -0.05) is 33.3 Å². The SMILES string of the molecule is CN/C(NC1(C)CC1)=C(/C(C(=O)NC(C)C(C)C)=C(C)C)C(C)C. The van der Waals surface area contributed by atoms with Crippen LogP contribution in [0, 0.1) is 11.8 Å². The van der Waals surface area contributed by atoms with Crippen LogP contribution in [0.2, 0.25) is 0 Å². The van der Waals surface area contributed by atoms with Gasteiger partial charge in [-0.25, -0.2) is 0 Å². The zero-order chi connectivity index (χ0) is 18.7. The second-order valence-corrected chi connectivity index (χ2v) is 8.26. The fourth-order valence-electron chi connectivity index (χ4n) is 2.65. The molecule has 24 heavy (non-hydrogen) atoms. The van der Waals surface area contributed by atoms with E-state index in [9.17, 15) is 4.79 Å². The smallest absolute Gasteiger partial charge is 0.251 e. The predicted octanol–water partition coefficient (Wildman–Crippen LogP) is 3.71. The lowest BCUT2D eigenvalue weighted by Gasteiger charge is -2.27. The minimum Gasteiger partial charge on any atom is -0.375 e. The lowest BCUT2D eigenvalue weighted by molar-refractivity contribution is -0.118. The molecule has 1 amide bonds. The molecule has 1 unspecified atom stereocenters. The molecule has 1 aliphatic rings. The molecule has 1 saturated carbocycles. The number of hydrogen-bond donors (Lipinski definition) is 3. The molecular formula is C20H37N3O. The Kier molecular flexibility index (Phi) is 6.94. The summed E-state index contributed by atoms with van der Waals surface area (Å²) in [6.07, 6.45) is 2.34. The number of hydrogen-bond acceptors (Lipinski definition) is 3. The van der Waals surface area contributed by atoms with Crippen LogP contribution in [0.5, 0.6) is 0 Å². The summed E-state index contributed by atoms with van der Waals surface area (Å²) in [6.45, 7) is 16.9. The van der Waals surface area contributed by atoms with Crippen LogP contribution in [0.15, 0.2) is 22.5 Å². The van der Waals surface area contributed by atoms with Crippen LogP contribution in [0.3, 0.4) is 0 Å². The zero-order valence-electron chi connectivity index (χ0n) is 17.1. The van der Waals surface area contributed by atoms with Crippen molar-refractivity contribution >= 4 is 5.91 Å². The standard InChI is InChI=1S/C20H37N3O/c1-12(2)15(7)22-19(24)17(14(5)6)16(13(3)4)18(21-9)23-20(8)10-11-20/h12-13,15,21,23H,10-11H2,1-9H3,(H,22,24)/b18-16-. The number of carbonyl (C=O) groups is 1. The Morgan fingerprint density at radius 2 is 1.58 bits per heavy atom. The monoisotopic (exact) mass is 335 g/mol. The number of carbonyl (C=O) groups excluding carboxylic acids is 1. The second kappa shape index (κ2) is 8.09. The molecule has 4 heteroatoms. The number of allylic oxidation sites excluding steroid dienone is 1. The summed E-state index contributed by atoms with van der Waals surface area (Å²) in [5, 5.41) is 10.1. The van der Waals surface area contributed by atoms with E-state index in [0.29, 0.717) is 5.92 Å². The Bertz CT molecular complexity index is 521. The first-order valence-electron chi connectivity index (χ1n) is 9.21. The Morgan fingerprint density at radius 1 is 1.04 bits per heavy atom. The summed E-state index contributed by atoms with van der Waals surface area (Å²) < 4.78 is 0. The molecule has 0 spiro atoms. The fourth-order valence-corrected chi connectivity index (χ4v) is 2.65. The van der Waals surface area contributed by atoms with Crippen LogP contribution in [0.25, 0.3) is 0 Å². The van der Waals surface area contributed by atoms with Crippen LogP contribution < -0.4 is 16.0 Å². The minimum atomic E-state index is 0.0235. The van der Waals surface area contributed by atoms with Gasteiger partial charge < -0.3 is 16.0 Å². The van der Waals surface area contributed by atoms with Crippen LogP contribution in [0.1, 0.15) is 68.2 Å². The van der Waals surface area contributed by atoms with Crippen molar-refractivity contribution in [1.82, 2.24) is 16.0 Å². The summed E-state index contributed by atoms with van der Waals surface area (Å²) in [7, 11) is 1.92. The Labute approximate surface area is 148 Å². The largest absolute Gasteiger partial charge is 0.375 e. The maximum Gasteiger partial charge on any atom is 0.251 e. The molecule has 1 fully saturated rings. The summed E-state index contributed by atoms with van der Waals surface area (Å²) >= 11 is 0. The van der Waals surface area contributed by atoms with E-state index in [0.717, 1.165) is 22.5 Å². The van der Waals surface area contributed by atoms with Crippen molar-refractivity contribution in [3.8, 4) is 0 Å². The van der Waals surface area contributed by atoms with E-state index in [4.69, 9.17) is 0 Å². The lowest BCUT2D eigenvalue weighted by Crippen LogP contribution is -2.40. The molecule has 4 nitrogen and oxygen atoms in total. The van der Waals surface area contributed by atoms with Gasteiger partial charge in [0.25, 0.3) is 5.91 Å². The van der Waals surface area contributed by atoms with Crippen molar-refractivity contribution in [3.63, 3.8) is 0 Å². The average Bonchev–Trinajstić information content (AvgIpc) is 3.19. The summed E-state index contributed by atoms with van der Waals surface area (Å²) in [5.41, 5.74) is 3.08. The highest BCUT2D eigenvalue weighted by atomic mass is 16.1.